The van der Waals surface area contributed by atoms with E-state index >= 15 is 0 Å². The lowest BCUT2D eigenvalue weighted by Gasteiger charge is -2.21. The summed E-state index contributed by atoms with van der Waals surface area (Å²) in [6.45, 7) is 2.27. The number of hydrogen-bond acceptors (Lipinski definition) is 4. The topological polar surface area (TPSA) is 55.4 Å². The smallest absolute Gasteiger partial charge is 0.180 e. The van der Waals surface area contributed by atoms with Gasteiger partial charge in [-0.3, -0.25) is 0 Å². The van der Waals surface area contributed by atoms with E-state index in [1.165, 1.54) is 0 Å². The fourth-order valence-corrected chi connectivity index (χ4v) is 3.07. The van der Waals surface area contributed by atoms with E-state index in [9.17, 15) is 8.42 Å². The van der Waals surface area contributed by atoms with Gasteiger partial charge in [0, 0.05) is 0 Å². The summed E-state index contributed by atoms with van der Waals surface area (Å²) in [7, 11) is -3.20. The fourth-order valence-electron chi connectivity index (χ4n) is 2.00. The summed E-state index contributed by atoms with van der Waals surface area (Å²) in [6, 6.07) is 7.01. The second-order valence-corrected chi connectivity index (χ2v) is 6.73. The number of hydrogen-bond donors (Lipinski definition) is 1. The highest BCUT2D eigenvalue weighted by molar-refractivity contribution is 7.91. The Hall–Kier alpha value is -1.49. The van der Waals surface area contributed by atoms with Gasteiger partial charge >= 0.3 is 0 Å². The molecule has 0 aromatic heterocycles. The SMILES string of the molecule is CCS(=O)(=O)c1ccccc1NC[C@@H]1CCC=CO1. The largest absolute Gasteiger partial charge is 0.497 e. The number of benzene rings is 1. The van der Waals surface area contributed by atoms with E-state index in [0.717, 1.165) is 12.8 Å². The molecule has 2 rings (SSSR count). The van der Waals surface area contributed by atoms with Gasteiger partial charge in [-0.25, -0.2) is 8.42 Å². The van der Waals surface area contributed by atoms with Gasteiger partial charge in [0.25, 0.3) is 0 Å². The second kappa shape index (κ2) is 6.10. The molecule has 1 atom stereocenters. The molecule has 1 N–H and O–H groups in total. The predicted molar refractivity (Wildman–Crippen MR) is 75.9 cm³/mol. The quantitative estimate of drug-likeness (QED) is 0.901. The summed E-state index contributed by atoms with van der Waals surface area (Å²) >= 11 is 0. The molecule has 0 bridgehead atoms. The summed E-state index contributed by atoms with van der Waals surface area (Å²) in [5, 5.41) is 3.19. The standard InChI is InChI=1S/C14H19NO3S/c1-2-19(16,17)14-9-4-3-8-13(14)15-11-12-7-5-6-10-18-12/h3-4,6,8-10,12,15H,2,5,7,11H2,1H3/t12-/m0/s1. The Kier molecular flexibility index (Phi) is 4.47. The lowest BCUT2D eigenvalue weighted by atomic mass is 10.1. The van der Waals surface area contributed by atoms with Crippen LogP contribution in [0.2, 0.25) is 0 Å². The highest BCUT2D eigenvalue weighted by Crippen LogP contribution is 2.22. The third-order valence-corrected chi connectivity index (χ3v) is 4.93. The van der Waals surface area contributed by atoms with Gasteiger partial charge in [-0.05, 0) is 31.1 Å². The zero-order valence-electron chi connectivity index (χ0n) is 11.0. The molecular weight excluding hydrogens is 262 g/mol. The van der Waals surface area contributed by atoms with E-state index in [-0.39, 0.29) is 11.9 Å². The summed E-state index contributed by atoms with van der Waals surface area (Å²) in [4.78, 5) is 0.365. The lowest BCUT2D eigenvalue weighted by molar-refractivity contribution is 0.135. The molecule has 0 radical (unpaired) electrons. The van der Waals surface area contributed by atoms with Crippen molar-refractivity contribution in [1.82, 2.24) is 0 Å². The zero-order valence-corrected chi connectivity index (χ0v) is 11.8. The van der Waals surface area contributed by atoms with E-state index in [2.05, 4.69) is 5.32 Å². The van der Waals surface area contributed by atoms with Gasteiger partial charge in [0.1, 0.15) is 6.10 Å². The lowest BCUT2D eigenvalue weighted by Crippen LogP contribution is -2.23. The average Bonchev–Trinajstić information content (AvgIpc) is 2.46. The first-order valence-electron chi connectivity index (χ1n) is 6.49. The molecule has 19 heavy (non-hydrogen) atoms. The summed E-state index contributed by atoms with van der Waals surface area (Å²) < 4.78 is 29.4. The Morgan fingerprint density at radius 3 is 2.84 bits per heavy atom. The van der Waals surface area contributed by atoms with Crippen molar-refractivity contribution in [2.45, 2.75) is 30.8 Å². The second-order valence-electron chi connectivity index (χ2n) is 4.49. The van der Waals surface area contributed by atoms with Gasteiger partial charge in [0.2, 0.25) is 0 Å². The van der Waals surface area contributed by atoms with Crippen LogP contribution in [0.15, 0.2) is 41.5 Å². The summed E-state index contributed by atoms with van der Waals surface area (Å²) in [5.74, 6) is 0.106. The molecule has 0 fully saturated rings. The van der Waals surface area contributed by atoms with Crippen LogP contribution >= 0.6 is 0 Å². The molecule has 0 unspecified atom stereocenters. The van der Waals surface area contributed by atoms with Gasteiger partial charge in [-0.1, -0.05) is 19.1 Å². The molecule has 1 aromatic carbocycles. The van der Waals surface area contributed by atoms with Gasteiger partial charge in [0.05, 0.1) is 29.1 Å². The monoisotopic (exact) mass is 281 g/mol. The van der Waals surface area contributed by atoms with Crippen LogP contribution in [0.25, 0.3) is 0 Å². The number of allylic oxidation sites excluding steroid dienone is 1. The van der Waals surface area contributed by atoms with Crippen molar-refractivity contribution in [3.63, 3.8) is 0 Å². The van der Waals surface area contributed by atoms with Gasteiger partial charge in [-0.15, -0.1) is 0 Å². The normalized spacial score (nSPS) is 18.9. The van der Waals surface area contributed by atoms with Crippen LogP contribution in [0, 0.1) is 0 Å². The number of para-hydroxylation sites is 1. The van der Waals surface area contributed by atoms with Crippen molar-refractivity contribution in [2.75, 3.05) is 17.6 Å². The Morgan fingerprint density at radius 1 is 1.37 bits per heavy atom. The van der Waals surface area contributed by atoms with Gasteiger partial charge in [-0.2, -0.15) is 0 Å². The Morgan fingerprint density at radius 2 is 2.16 bits per heavy atom. The molecule has 4 nitrogen and oxygen atoms in total. The first-order valence-corrected chi connectivity index (χ1v) is 8.15. The maximum atomic E-state index is 12.0. The van der Waals surface area contributed by atoms with Crippen molar-refractivity contribution in [2.24, 2.45) is 0 Å². The Labute approximate surface area is 114 Å². The van der Waals surface area contributed by atoms with Crippen LogP contribution in [0.5, 0.6) is 0 Å². The molecule has 5 heteroatoms. The number of sulfone groups is 1. The fraction of sp³-hybridized carbons (Fsp3) is 0.429. The molecule has 0 amide bonds. The zero-order chi connectivity index (χ0) is 13.7. The Bertz CT molecular complexity index is 552. The van der Waals surface area contributed by atoms with E-state index in [0.29, 0.717) is 17.1 Å². The van der Waals surface area contributed by atoms with Gasteiger partial charge < -0.3 is 10.1 Å². The van der Waals surface area contributed by atoms with Crippen LogP contribution in [-0.4, -0.2) is 26.8 Å². The van der Waals surface area contributed by atoms with Crippen molar-refractivity contribution in [1.29, 1.82) is 0 Å². The first kappa shape index (κ1) is 13.9. The first-order chi connectivity index (χ1) is 9.13. The number of anilines is 1. The van der Waals surface area contributed by atoms with Crippen molar-refractivity contribution < 1.29 is 13.2 Å². The maximum absolute atomic E-state index is 12.0. The molecule has 0 saturated carbocycles. The number of nitrogens with one attached hydrogen (secondary N) is 1. The van der Waals surface area contributed by atoms with E-state index in [4.69, 9.17) is 4.74 Å². The van der Waals surface area contributed by atoms with Gasteiger partial charge in [0.15, 0.2) is 9.84 Å². The highest BCUT2D eigenvalue weighted by Gasteiger charge is 2.17. The van der Waals surface area contributed by atoms with Crippen molar-refractivity contribution in [3.8, 4) is 0 Å². The maximum Gasteiger partial charge on any atom is 0.180 e. The van der Waals surface area contributed by atoms with E-state index in [1.54, 1.807) is 31.4 Å². The number of ether oxygens (including phenoxy) is 1. The Balaban J connectivity index is 2.10. The third kappa shape index (κ3) is 3.50. The predicted octanol–water partition coefficient (Wildman–Crippen LogP) is 2.58. The van der Waals surface area contributed by atoms with Crippen LogP contribution in [0.1, 0.15) is 19.8 Å². The third-order valence-electron chi connectivity index (χ3n) is 3.14. The molecule has 1 aromatic rings. The minimum absolute atomic E-state index is 0.0994. The summed E-state index contributed by atoms with van der Waals surface area (Å²) in [5.41, 5.74) is 0.655. The summed E-state index contributed by atoms with van der Waals surface area (Å²) in [6.07, 6.45) is 5.76. The van der Waals surface area contributed by atoms with Crippen molar-refractivity contribution in [3.05, 3.63) is 36.6 Å². The average molecular weight is 281 g/mol. The molecule has 1 aliphatic heterocycles. The molecule has 0 spiro atoms. The number of rotatable bonds is 5. The molecular formula is C14H19NO3S. The van der Waals surface area contributed by atoms with Crippen LogP contribution < -0.4 is 5.32 Å². The van der Waals surface area contributed by atoms with Crippen molar-refractivity contribution >= 4 is 15.5 Å². The van der Waals surface area contributed by atoms with Crippen LogP contribution in [-0.2, 0) is 14.6 Å². The molecule has 1 heterocycles. The van der Waals surface area contributed by atoms with Crippen LogP contribution in [0.4, 0.5) is 5.69 Å². The molecule has 0 saturated heterocycles. The molecule has 104 valence electrons. The van der Waals surface area contributed by atoms with E-state index < -0.39 is 9.84 Å². The minimum Gasteiger partial charge on any atom is -0.497 e. The van der Waals surface area contributed by atoms with E-state index in [1.807, 2.05) is 12.1 Å². The molecule has 0 aliphatic carbocycles. The molecule has 1 aliphatic rings. The minimum atomic E-state index is -3.20. The highest BCUT2D eigenvalue weighted by atomic mass is 32.2. The van der Waals surface area contributed by atoms with Crippen LogP contribution in [0.3, 0.4) is 0 Å².